The van der Waals surface area contributed by atoms with E-state index in [0.29, 0.717) is 31.7 Å². The molecule has 0 amide bonds. The largest absolute Gasteiger partial charge is 0.390 e. The molecular weight excluding hydrogens is 310 g/mol. The van der Waals surface area contributed by atoms with Crippen LogP contribution in [-0.2, 0) is 0 Å². The van der Waals surface area contributed by atoms with Crippen LogP contribution in [0.4, 0.5) is 8.78 Å². The number of rotatable bonds is 4. The molecule has 1 heterocycles. The quantitative estimate of drug-likeness (QED) is 0.888. The highest BCUT2D eigenvalue weighted by molar-refractivity contribution is 5.85. The number of aliphatic hydroxyl groups is 1. The van der Waals surface area contributed by atoms with Gasteiger partial charge in [-0.05, 0) is 37.5 Å². The van der Waals surface area contributed by atoms with E-state index in [1.54, 1.807) is 4.90 Å². The van der Waals surface area contributed by atoms with E-state index in [1.165, 1.54) is 0 Å². The molecule has 1 aromatic rings. The maximum Gasteiger partial charge on any atom is 0.289 e. The maximum atomic E-state index is 14.4. The topological polar surface area (TPSA) is 35.5 Å². The van der Waals surface area contributed by atoms with Crippen molar-refractivity contribution >= 4 is 12.4 Å². The molecule has 0 aliphatic carbocycles. The molecule has 1 aliphatic heterocycles. The van der Waals surface area contributed by atoms with Crippen LogP contribution in [0, 0.1) is 20.8 Å². The van der Waals surface area contributed by atoms with Crippen molar-refractivity contribution in [1.82, 2.24) is 10.2 Å². The first-order valence-corrected chi connectivity index (χ1v) is 7.38. The number of halogens is 3. The van der Waals surface area contributed by atoms with E-state index in [0.717, 1.165) is 16.7 Å². The van der Waals surface area contributed by atoms with Gasteiger partial charge in [-0.25, -0.2) is 8.78 Å². The summed E-state index contributed by atoms with van der Waals surface area (Å²) in [7, 11) is 0. The predicted molar refractivity (Wildman–Crippen MR) is 87.1 cm³/mol. The Bertz CT molecular complexity index is 482. The third kappa shape index (κ3) is 3.96. The Morgan fingerprint density at radius 3 is 2.14 bits per heavy atom. The number of hydrogen-bond acceptors (Lipinski definition) is 3. The standard InChI is InChI=1S/C16H24F2N2O.ClH/c1-11-8-12(2)14(13(3)9-11)15(16(17,18)10-21)20-6-4-19-5-7-20;/h8-9,15,19,21H,4-7,10H2,1-3H3;1H/t15-;/m1./s1. The van der Waals surface area contributed by atoms with E-state index in [9.17, 15) is 13.9 Å². The Kier molecular flexibility index (Phi) is 6.74. The number of aliphatic hydroxyl groups excluding tert-OH is 1. The number of piperazine rings is 1. The molecule has 1 saturated heterocycles. The van der Waals surface area contributed by atoms with E-state index in [1.807, 2.05) is 32.9 Å². The Balaban J connectivity index is 0.00000242. The van der Waals surface area contributed by atoms with E-state index in [-0.39, 0.29) is 12.4 Å². The molecule has 1 aromatic carbocycles. The second-order valence-corrected chi connectivity index (χ2v) is 5.92. The summed E-state index contributed by atoms with van der Waals surface area (Å²) in [5.41, 5.74) is 3.45. The van der Waals surface area contributed by atoms with Gasteiger partial charge in [-0.3, -0.25) is 4.90 Å². The van der Waals surface area contributed by atoms with Crippen molar-refractivity contribution in [3.05, 3.63) is 34.4 Å². The third-order valence-corrected chi connectivity index (χ3v) is 4.14. The van der Waals surface area contributed by atoms with Crippen molar-refractivity contribution in [3.63, 3.8) is 0 Å². The smallest absolute Gasteiger partial charge is 0.289 e. The van der Waals surface area contributed by atoms with E-state index < -0.39 is 18.6 Å². The Morgan fingerprint density at radius 2 is 1.68 bits per heavy atom. The number of aryl methyl sites for hydroxylation is 3. The summed E-state index contributed by atoms with van der Waals surface area (Å²) in [5.74, 6) is -3.15. The molecule has 3 nitrogen and oxygen atoms in total. The van der Waals surface area contributed by atoms with Crippen molar-refractivity contribution < 1.29 is 13.9 Å². The summed E-state index contributed by atoms with van der Waals surface area (Å²) >= 11 is 0. The van der Waals surface area contributed by atoms with Crippen LogP contribution in [-0.4, -0.2) is 48.7 Å². The highest BCUT2D eigenvalue weighted by Crippen LogP contribution is 2.39. The fourth-order valence-corrected chi connectivity index (χ4v) is 3.31. The molecule has 1 atom stereocenters. The average Bonchev–Trinajstić information content (AvgIpc) is 2.43. The van der Waals surface area contributed by atoms with Crippen LogP contribution >= 0.6 is 12.4 Å². The number of hydrogen-bond donors (Lipinski definition) is 2. The molecule has 0 radical (unpaired) electrons. The van der Waals surface area contributed by atoms with Gasteiger partial charge in [0.25, 0.3) is 5.92 Å². The molecular formula is C16H25ClF2N2O. The van der Waals surface area contributed by atoms with Crippen LogP contribution < -0.4 is 5.32 Å². The fraction of sp³-hybridized carbons (Fsp3) is 0.625. The Hall–Kier alpha value is -0.750. The monoisotopic (exact) mass is 334 g/mol. The van der Waals surface area contributed by atoms with Crippen molar-refractivity contribution in [1.29, 1.82) is 0 Å². The normalized spacial score (nSPS) is 17.9. The van der Waals surface area contributed by atoms with Crippen LogP contribution in [0.1, 0.15) is 28.3 Å². The van der Waals surface area contributed by atoms with Gasteiger partial charge in [0, 0.05) is 26.2 Å². The van der Waals surface area contributed by atoms with Crippen molar-refractivity contribution in [2.45, 2.75) is 32.7 Å². The predicted octanol–water partition coefficient (Wildman–Crippen LogP) is 2.61. The van der Waals surface area contributed by atoms with Gasteiger partial charge in [0.2, 0.25) is 0 Å². The molecule has 0 spiro atoms. The van der Waals surface area contributed by atoms with Gasteiger partial charge >= 0.3 is 0 Å². The summed E-state index contributed by atoms with van der Waals surface area (Å²) < 4.78 is 28.9. The second-order valence-electron chi connectivity index (χ2n) is 5.92. The zero-order valence-corrected chi connectivity index (χ0v) is 14.1. The van der Waals surface area contributed by atoms with E-state index in [4.69, 9.17) is 0 Å². The summed E-state index contributed by atoms with van der Waals surface area (Å²) in [6, 6.07) is 2.81. The van der Waals surface area contributed by atoms with Gasteiger partial charge in [0.05, 0.1) is 0 Å². The lowest BCUT2D eigenvalue weighted by atomic mass is 9.89. The van der Waals surface area contributed by atoms with Crippen molar-refractivity contribution in [3.8, 4) is 0 Å². The molecule has 2 N–H and O–H groups in total. The van der Waals surface area contributed by atoms with Gasteiger partial charge in [-0.15, -0.1) is 12.4 Å². The molecule has 1 aliphatic rings. The minimum absolute atomic E-state index is 0. The fourth-order valence-electron chi connectivity index (χ4n) is 3.31. The molecule has 2 rings (SSSR count). The molecule has 0 unspecified atom stereocenters. The molecule has 6 heteroatoms. The van der Waals surface area contributed by atoms with Crippen LogP contribution in [0.3, 0.4) is 0 Å². The first-order valence-electron chi connectivity index (χ1n) is 7.38. The molecule has 22 heavy (non-hydrogen) atoms. The van der Waals surface area contributed by atoms with E-state index in [2.05, 4.69) is 5.32 Å². The van der Waals surface area contributed by atoms with Crippen LogP contribution in [0.2, 0.25) is 0 Å². The van der Waals surface area contributed by atoms with Crippen molar-refractivity contribution in [2.24, 2.45) is 0 Å². The zero-order valence-electron chi connectivity index (χ0n) is 13.3. The van der Waals surface area contributed by atoms with Gasteiger partial charge in [0.15, 0.2) is 0 Å². The Morgan fingerprint density at radius 1 is 1.18 bits per heavy atom. The highest BCUT2D eigenvalue weighted by Gasteiger charge is 2.45. The summed E-state index contributed by atoms with van der Waals surface area (Å²) in [4.78, 5) is 1.79. The van der Waals surface area contributed by atoms with Gasteiger partial charge in [-0.1, -0.05) is 17.7 Å². The van der Waals surface area contributed by atoms with Crippen LogP contribution in [0.25, 0.3) is 0 Å². The number of nitrogens with one attached hydrogen (secondary N) is 1. The number of benzene rings is 1. The minimum atomic E-state index is -3.15. The lowest BCUT2D eigenvalue weighted by molar-refractivity contribution is -0.119. The summed E-state index contributed by atoms with van der Waals surface area (Å²) in [6.45, 7) is 7.10. The maximum absolute atomic E-state index is 14.4. The lowest BCUT2D eigenvalue weighted by Crippen LogP contribution is -2.51. The summed E-state index contributed by atoms with van der Waals surface area (Å²) in [6.07, 6.45) is 0. The number of nitrogens with zero attached hydrogens (tertiary/aromatic N) is 1. The van der Waals surface area contributed by atoms with Gasteiger partial charge in [-0.2, -0.15) is 0 Å². The van der Waals surface area contributed by atoms with Gasteiger partial charge in [0.1, 0.15) is 12.6 Å². The van der Waals surface area contributed by atoms with Gasteiger partial charge < -0.3 is 10.4 Å². The first-order chi connectivity index (χ1) is 9.86. The Labute approximate surface area is 137 Å². The van der Waals surface area contributed by atoms with Crippen LogP contribution in [0.15, 0.2) is 12.1 Å². The summed E-state index contributed by atoms with van der Waals surface area (Å²) in [5, 5.41) is 12.4. The minimum Gasteiger partial charge on any atom is -0.390 e. The van der Waals surface area contributed by atoms with E-state index >= 15 is 0 Å². The number of alkyl halides is 2. The van der Waals surface area contributed by atoms with Crippen molar-refractivity contribution in [2.75, 3.05) is 32.8 Å². The SMILES string of the molecule is Cc1cc(C)c([C@@H](N2CCNCC2)C(F)(F)CO)c(C)c1.Cl. The molecule has 1 fully saturated rings. The third-order valence-electron chi connectivity index (χ3n) is 4.14. The second kappa shape index (κ2) is 7.68. The molecule has 0 saturated carbocycles. The average molecular weight is 335 g/mol. The zero-order chi connectivity index (χ0) is 15.6. The van der Waals surface area contributed by atoms with Crippen LogP contribution in [0.5, 0.6) is 0 Å². The molecule has 126 valence electrons. The first kappa shape index (κ1) is 19.3. The lowest BCUT2D eigenvalue weighted by Gasteiger charge is -2.40. The molecule has 0 bridgehead atoms. The highest BCUT2D eigenvalue weighted by atomic mass is 35.5. The molecule has 0 aromatic heterocycles.